The highest BCUT2D eigenvalue weighted by Gasteiger charge is 2.21. The van der Waals surface area contributed by atoms with Crippen molar-refractivity contribution < 1.29 is 34.4 Å². The van der Waals surface area contributed by atoms with Crippen molar-refractivity contribution in [2.24, 2.45) is 0 Å². The Hall–Kier alpha value is -2.90. The molecule has 0 bridgehead atoms. The number of aliphatic hydroxyl groups excluding tert-OH is 2. The number of hydrogen-bond acceptors (Lipinski definition) is 7. The van der Waals surface area contributed by atoms with Gasteiger partial charge >= 0.3 is 5.97 Å². The van der Waals surface area contributed by atoms with Crippen molar-refractivity contribution in [1.29, 1.82) is 0 Å². The number of phenols is 1. The monoisotopic (exact) mass is 376 g/mol. The molecule has 1 rings (SSSR count). The molecule has 1 aromatic rings. The smallest absolute Gasteiger partial charge is 0.342 e. The first-order chi connectivity index (χ1) is 12.8. The molecule has 146 valence electrons. The molecule has 0 saturated heterocycles. The third kappa shape index (κ3) is 6.40. The average molecular weight is 376 g/mol. The van der Waals surface area contributed by atoms with E-state index in [1.54, 1.807) is 19.1 Å². The summed E-state index contributed by atoms with van der Waals surface area (Å²) < 4.78 is 9.71. The van der Waals surface area contributed by atoms with Crippen LogP contribution in [0.25, 0.3) is 6.08 Å². The van der Waals surface area contributed by atoms with E-state index in [9.17, 15) is 24.9 Å². The van der Waals surface area contributed by atoms with Gasteiger partial charge in [0.1, 0.15) is 23.2 Å². The van der Waals surface area contributed by atoms with Gasteiger partial charge in [-0.15, -0.1) is 0 Å². The van der Waals surface area contributed by atoms with Crippen molar-refractivity contribution in [3.05, 3.63) is 53.6 Å². The van der Waals surface area contributed by atoms with E-state index < -0.39 is 24.0 Å². The summed E-state index contributed by atoms with van der Waals surface area (Å²) in [5.41, 5.74) is 0.245. The van der Waals surface area contributed by atoms with Gasteiger partial charge in [0.25, 0.3) is 0 Å². The van der Waals surface area contributed by atoms with E-state index in [1.807, 2.05) is 0 Å². The van der Waals surface area contributed by atoms with Gasteiger partial charge in [-0.25, -0.2) is 4.79 Å². The van der Waals surface area contributed by atoms with Crippen LogP contribution in [0.15, 0.2) is 42.5 Å². The fourth-order valence-electron chi connectivity index (χ4n) is 2.21. The van der Waals surface area contributed by atoms with Crippen LogP contribution in [-0.2, 0) is 9.53 Å². The van der Waals surface area contributed by atoms with E-state index in [0.717, 1.165) is 0 Å². The Morgan fingerprint density at radius 1 is 1.19 bits per heavy atom. The summed E-state index contributed by atoms with van der Waals surface area (Å²) in [7, 11) is 2.60. The Kier molecular flexibility index (Phi) is 8.98. The second kappa shape index (κ2) is 10.9. The maximum atomic E-state index is 11.9. The van der Waals surface area contributed by atoms with Gasteiger partial charge in [-0.3, -0.25) is 4.79 Å². The lowest BCUT2D eigenvalue weighted by Gasteiger charge is -2.13. The Bertz CT molecular complexity index is 747. The maximum Gasteiger partial charge on any atom is 0.342 e. The molecule has 0 aliphatic carbocycles. The second-order valence-corrected chi connectivity index (χ2v) is 5.54. The molecule has 0 unspecified atom stereocenters. The number of phenolic OH excluding ortho intramolecular Hbond substituents is 1. The number of aliphatic hydroxyl groups is 2. The molecule has 0 aromatic heterocycles. The number of hydrogen-bond donors (Lipinski definition) is 3. The first kappa shape index (κ1) is 22.1. The molecule has 1 aromatic carbocycles. The van der Waals surface area contributed by atoms with Gasteiger partial charge in [0.15, 0.2) is 5.78 Å². The van der Waals surface area contributed by atoms with Gasteiger partial charge in [-0.1, -0.05) is 30.4 Å². The molecule has 0 aliphatic heterocycles. The van der Waals surface area contributed by atoms with Gasteiger partial charge in [-0.2, -0.15) is 0 Å². The van der Waals surface area contributed by atoms with Crippen LogP contribution < -0.4 is 4.74 Å². The van der Waals surface area contributed by atoms with E-state index in [1.165, 1.54) is 50.7 Å². The van der Waals surface area contributed by atoms with Crippen LogP contribution in [0.5, 0.6) is 11.5 Å². The lowest BCUT2D eigenvalue weighted by molar-refractivity contribution is -0.127. The second-order valence-electron chi connectivity index (χ2n) is 5.54. The molecule has 27 heavy (non-hydrogen) atoms. The number of rotatable bonds is 9. The van der Waals surface area contributed by atoms with Crippen molar-refractivity contribution in [3.63, 3.8) is 0 Å². The molecule has 2 atom stereocenters. The zero-order chi connectivity index (χ0) is 20.4. The summed E-state index contributed by atoms with van der Waals surface area (Å²) in [6.45, 7) is 1.78. The van der Waals surface area contributed by atoms with Crippen molar-refractivity contribution in [3.8, 4) is 11.5 Å². The molecule has 0 radical (unpaired) electrons. The normalized spacial score (nSPS) is 14.0. The topological polar surface area (TPSA) is 113 Å². The van der Waals surface area contributed by atoms with E-state index in [4.69, 9.17) is 4.74 Å². The minimum absolute atomic E-state index is 0.0526. The molecule has 7 nitrogen and oxygen atoms in total. The van der Waals surface area contributed by atoms with Gasteiger partial charge in [0.05, 0.1) is 20.3 Å². The predicted molar refractivity (Wildman–Crippen MR) is 101 cm³/mol. The fraction of sp³-hybridized carbons (Fsp3) is 0.300. The highest BCUT2D eigenvalue weighted by molar-refractivity contribution is 5.97. The maximum absolute atomic E-state index is 11.9. The number of carbonyl (C=O) groups excluding carboxylic acids is 2. The minimum atomic E-state index is -1.57. The van der Waals surface area contributed by atoms with Crippen LogP contribution in [0, 0.1) is 0 Å². The molecule has 0 fully saturated rings. The molecule has 0 spiro atoms. The summed E-state index contributed by atoms with van der Waals surface area (Å²) in [6.07, 6.45) is 5.96. The largest absolute Gasteiger partial charge is 0.507 e. The van der Waals surface area contributed by atoms with E-state index in [2.05, 4.69) is 4.74 Å². The number of ether oxygens (including phenoxy) is 2. The van der Waals surface area contributed by atoms with Gasteiger partial charge < -0.3 is 24.8 Å². The lowest BCUT2D eigenvalue weighted by atomic mass is 10.0. The molecular weight excluding hydrogens is 352 g/mol. The molecule has 0 saturated carbocycles. The van der Waals surface area contributed by atoms with Gasteiger partial charge in [-0.05, 0) is 31.1 Å². The predicted octanol–water partition coefficient (Wildman–Crippen LogP) is 2.01. The van der Waals surface area contributed by atoms with Gasteiger partial charge in [0.2, 0.25) is 0 Å². The number of methoxy groups -OCH3 is 2. The Labute approximate surface area is 157 Å². The summed E-state index contributed by atoms with van der Waals surface area (Å²) in [5, 5.41) is 29.8. The van der Waals surface area contributed by atoms with Crippen LogP contribution >= 0.6 is 0 Å². The highest BCUT2D eigenvalue weighted by atomic mass is 16.5. The van der Waals surface area contributed by atoms with Crippen LogP contribution in [-0.4, -0.2) is 53.5 Å². The first-order valence-corrected chi connectivity index (χ1v) is 8.20. The third-order valence-corrected chi connectivity index (χ3v) is 3.64. The van der Waals surface area contributed by atoms with E-state index >= 15 is 0 Å². The number of allylic oxidation sites excluding steroid dienone is 3. The van der Waals surface area contributed by atoms with E-state index in [0.29, 0.717) is 11.3 Å². The summed E-state index contributed by atoms with van der Waals surface area (Å²) in [5.74, 6) is -1.35. The Morgan fingerprint density at radius 2 is 1.89 bits per heavy atom. The zero-order valence-corrected chi connectivity index (χ0v) is 15.5. The van der Waals surface area contributed by atoms with Crippen molar-refractivity contribution in [2.45, 2.75) is 25.6 Å². The van der Waals surface area contributed by atoms with Crippen LogP contribution in [0.4, 0.5) is 0 Å². The van der Waals surface area contributed by atoms with Crippen molar-refractivity contribution in [2.75, 3.05) is 14.2 Å². The van der Waals surface area contributed by atoms with Crippen LogP contribution in [0.1, 0.15) is 29.3 Å². The molecule has 0 amide bonds. The molecule has 7 heteroatoms. The fourth-order valence-corrected chi connectivity index (χ4v) is 2.21. The van der Waals surface area contributed by atoms with Crippen LogP contribution in [0.3, 0.4) is 0 Å². The molecule has 0 heterocycles. The quantitative estimate of drug-likeness (QED) is 0.343. The Balaban J connectivity index is 2.94. The first-order valence-electron chi connectivity index (χ1n) is 8.20. The minimum Gasteiger partial charge on any atom is -0.507 e. The Morgan fingerprint density at radius 3 is 2.48 bits per heavy atom. The van der Waals surface area contributed by atoms with Crippen LogP contribution in [0.2, 0.25) is 0 Å². The standard InChI is InChI=1S/C20H24O7/c1-4-5-6-9-15(21)19(24)16(22)10-7-8-13-11-14(26-2)12-17(23)18(13)20(25)27-3/h4-9,11-12,16,19,22-24H,10H2,1-3H3/b5-4-,8-7+,9-6-/t16-,19+/m0/s1. The number of aromatic hydroxyl groups is 1. The van der Waals surface area contributed by atoms with Crippen molar-refractivity contribution in [1.82, 2.24) is 0 Å². The molecule has 3 N–H and O–H groups in total. The third-order valence-electron chi connectivity index (χ3n) is 3.64. The average Bonchev–Trinajstić information content (AvgIpc) is 2.66. The lowest BCUT2D eigenvalue weighted by Crippen LogP contribution is -2.32. The summed E-state index contributed by atoms with van der Waals surface area (Å²) in [4.78, 5) is 23.6. The number of carbonyl (C=O) groups is 2. The van der Waals surface area contributed by atoms with Crippen molar-refractivity contribution >= 4 is 17.8 Å². The molecular formula is C20H24O7. The summed E-state index contributed by atoms with van der Waals surface area (Å²) in [6, 6.07) is 2.79. The molecule has 0 aliphatic rings. The number of ketones is 1. The summed E-state index contributed by atoms with van der Waals surface area (Å²) >= 11 is 0. The number of benzene rings is 1. The van der Waals surface area contributed by atoms with E-state index in [-0.39, 0.29) is 17.7 Å². The zero-order valence-electron chi connectivity index (χ0n) is 15.5. The number of esters is 1. The SMILES string of the molecule is C/C=C\C=C/C(=O)[C@@H](O)[C@@H](O)C/C=C/c1cc(OC)cc(O)c1C(=O)OC. The van der Waals surface area contributed by atoms with Gasteiger partial charge in [0, 0.05) is 6.07 Å². The highest BCUT2D eigenvalue weighted by Crippen LogP contribution is 2.29.